The Kier molecular flexibility index (Phi) is 10.1. The highest BCUT2D eigenvalue weighted by Crippen LogP contribution is 2.23. The van der Waals surface area contributed by atoms with Crippen molar-refractivity contribution in [3.05, 3.63) is 102 Å². The van der Waals surface area contributed by atoms with Gasteiger partial charge in [-0.15, -0.1) is 0 Å². The molecule has 1 saturated carbocycles. The summed E-state index contributed by atoms with van der Waals surface area (Å²) in [6, 6.07) is 18.9. The van der Waals surface area contributed by atoms with Crippen LogP contribution in [-0.4, -0.2) is 50.0 Å². The van der Waals surface area contributed by atoms with Crippen molar-refractivity contribution in [3.63, 3.8) is 0 Å². The average Bonchev–Trinajstić information content (AvgIpc) is 2.95. The predicted molar refractivity (Wildman–Crippen MR) is 154 cm³/mol. The monoisotopic (exact) mass is 583 g/mol. The minimum Gasteiger partial charge on any atom is -0.352 e. The SMILES string of the molecule is CS(=O)(=O)N(CC(=O)N(Cc1ccccc1F)[C@@H](Cc1ccccc1)C(=O)NC1CCCCC1)c1cccc(F)c1. The van der Waals surface area contributed by atoms with Crippen LogP contribution >= 0.6 is 0 Å². The van der Waals surface area contributed by atoms with Gasteiger partial charge in [0, 0.05) is 24.6 Å². The molecule has 0 saturated heterocycles. The van der Waals surface area contributed by atoms with Crippen molar-refractivity contribution < 1.29 is 26.8 Å². The van der Waals surface area contributed by atoms with E-state index in [4.69, 9.17) is 0 Å². The summed E-state index contributed by atoms with van der Waals surface area (Å²) >= 11 is 0. The van der Waals surface area contributed by atoms with Crippen molar-refractivity contribution in [1.29, 1.82) is 0 Å². The highest BCUT2D eigenvalue weighted by Gasteiger charge is 2.34. The first-order chi connectivity index (χ1) is 19.6. The van der Waals surface area contributed by atoms with Crippen LogP contribution in [0.5, 0.6) is 0 Å². The fourth-order valence-corrected chi connectivity index (χ4v) is 5.99. The number of amides is 2. The van der Waals surface area contributed by atoms with Gasteiger partial charge in [0.1, 0.15) is 24.2 Å². The Balaban J connectivity index is 1.73. The lowest BCUT2D eigenvalue weighted by Crippen LogP contribution is -2.55. The van der Waals surface area contributed by atoms with Crippen molar-refractivity contribution in [2.45, 2.75) is 57.2 Å². The van der Waals surface area contributed by atoms with Gasteiger partial charge in [-0.25, -0.2) is 17.2 Å². The zero-order valence-corrected chi connectivity index (χ0v) is 23.8. The standard InChI is InChI=1S/C31H35F2N3O4S/c1-41(39,40)36(27-17-10-14-25(32)20-27)22-30(37)35(21-24-13-8-9-18-28(24)33)29(19-23-11-4-2-5-12-23)31(38)34-26-15-6-3-7-16-26/h2,4-5,8-14,17-18,20,26,29H,3,6-7,15-16,19,21-22H2,1H3,(H,34,38)/t29-/m0/s1. The molecule has 1 atom stereocenters. The molecule has 2 amide bonds. The Morgan fingerprint density at radius 3 is 2.27 bits per heavy atom. The fourth-order valence-electron chi connectivity index (χ4n) is 5.15. The van der Waals surface area contributed by atoms with Crippen LogP contribution in [0.1, 0.15) is 43.2 Å². The summed E-state index contributed by atoms with van der Waals surface area (Å²) in [4.78, 5) is 29.1. The number of nitrogens with zero attached hydrogens (tertiary/aromatic N) is 2. The van der Waals surface area contributed by atoms with Crippen LogP contribution in [0.2, 0.25) is 0 Å². The molecular weight excluding hydrogens is 548 g/mol. The molecule has 0 aromatic heterocycles. The van der Waals surface area contributed by atoms with E-state index in [1.807, 2.05) is 30.3 Å². The molecule has 1 N–H and O–H groups in total. The van der Waals surface area contributed by atoms with Gasteiger partial charge >= 0.3 is 0 Å². The van der Waals surface area contributed by atoms with E-state index < -0.39 is 40.2 Å². The third-order valence-corrected chi connectivity index (χ3v) is 8.44. The van der Waals surface area contributed by atoms with E-state index >= 15 is 0 Å². The van der Waals surface area contributed by atoms with Gasteiger partial charge in [0.25, 0.3) is 0 Å². The lowest BCUT2D eigenvalue weighted by molar-refractivity contribution is -0.140. The Bertz CT molecular complexity index is 1450. The number of sulfonamides is 1. The van der Waals surface area contributed by atoms with Crippen molar-refractivity contribution in [2.24, 2.45) is 0 Å². The molecule has 3 aromatic rings. The Morgan fingerprint density at radius 2 is 1.61 bits per heavy atom. The molecule has 1 fully saturated rings. The van der Waals surface area contributed by atoms with Crippen LogP contribution in [0, 0.1) is 11.6 Å². The van der Waals surface area contributed by atoms with Gasteiger partial charge in [-0.1, -0.05) is 73.9 Å². The number of hydrogen-bond donors (Lipinski definition) is 1. The molecule has 10 heteroatoms. The summed E-state index contributed by atoms with van der Waals surface area (Å²) in [5.74, 6) is -2.33. The van der Waals surface area contributed by atoms with Gasteiger partial charge in [0.15, 0.2) is 0 Å². The lowest BCUT2D eigenvalue weighted by Gasteiger charge is -2.35. The summed E-state index contributed by atoms with van der Waals surface area (Å²) < 4.78 is 55.2. The third kappa shape index (κ3) is 8.36. The number of halogens is 2. The van der Waals surface area contributed by atoms with E-state index in [2.05, 4.69) is 5.32 Å². The highest BCUT2D eigenvalue weighted by atomic mass is 32.2. The molecule has 0 radical (unpaired) electrons. The average molecular weight is 584 g/mol. The second kappa shape index (κ2) is 13.7. The molecule has 1 aliphatic carbocycles. The summed E-state index contributed by atoms with van der Waals surface area (Å²) in [6.45, 7) is -0.958. The minimum absolute atomic E-state index is 0.0297. The van der Waals surface area contributed by atoms with E-state index in [0.717, 1.165) is 54.3 Å². The van der Waals surface area contributed by atoms with Gasteiger partial charge in [0.05, 0.1) is 11.9 Å². The summed E-state index contributed by atoms with van der Waals surface area (Å²) in [5.41, 5.74) is 0.937. The summed E-state index contributed by atoms with van der Waals surface area (Å²) in [6.07, 6.45) is 5.78. The number of nitrogens with one attached hydrogen (secondary N) is 1. The van der Waals surface area contributed by atoms with Crippen LogP contribution < -0.4 is 9.62 Å². The lowest BCUT2D eigenvalue weighted by atomic mass is 9.94. The maximum absolute atomic E-state index is 14.9. The molecule has 218 valence electrons. The number of anilines is 1. The molecule has 0 bridgehead atoms. The maximum atomic E-state index is 14.9. The summed E-state index contributed by atoms with van der Waals surface area (Å²) in [7, 11) is -4.03. The van der Waals surface area contributed by atoms with Crippen molar-refractivity contribution in [3.8, 4) is 0 Å². The van der Waals surface area contributed by atoms with Crippen LogP contribution in [0.3, 0.4) is 0 Å². The molecule has 0 aliphatic heterocycles. The Hall–Kier alpha value is -3.79. The first-order valence-corrected chi connectivity index (χ1v) is 15.6. The van der Waals surface area contributed by atoms with Gasteiger partial charge in [-0.3, -0.25) is 13.9 Å². The second-order valence-corrected chi connectivity index (χ2v) is 12.3. The predicted octanol–water partition coefficient (Wildman–Crippen LogP) is 4.82. The molecular formula is C31H35F2N3O4S. The maximum Gasteiger partial charge on any atom is 0.244 e. The number of benzene rings is 3. The van der Waals surface area contributed by atoms with Crippen LogP contribution in [0.25, 0.3) is 0 Å². The fraction of sp³-hybridized carbons (Fsp3) is 0.355. The zero-order valence-electron chi connectivity index (χ0n) is 23.0. The largest absolute Gasteiger partial charge is 0.352 e. The van der Waals surface area contributed by atoms with Crippen molar-refractivity contribution in [1.82, 2.24) is 10.2 Å². The molecule has 4 rings (SSSR count). The van der Waals surface area contributed by atoms with E-state index in [0.29, 0.717) is 0 Å². The van der Waals surface area contributed by atoms with Crippen molar-refractivity contribution in [2.75, 3.05) is 17.1 Å². The zero-order chi connectivity index (χ0) is 29.4. The minimum atomic E-state index is -4.03. The van der Waals surface area contributed by atoms with Crippen LogP contribution in [0.15, 0.2) is 78.9 Å². The van der Waals surface area contributed by atoms with E-state index in [9.17, 15) is 26.8 Å². The van der Waals surface area contributed by atoms with E-state index in [1.165, 1.54) is 41.3 Å². The quantitative estimate of drug-likeness (QED) is 0.351. The third-order valence-electron chi connectivity index (χ3n) is 7.30. The number of carbonyl (C=O) groups excluding carboxylic acids is 2. The topological polar surface area (TPSA) is 86.8 Å². The summed E-state index contributed by atoms with van der Waals surface area (Å²) in [5, 5.41) is 3.09. The molecule has 41 heavy (non-hydrogen) atoms. The molecule has 0 heterocycles. The molecule has 7 nitrogen and oxygen atoms in total. The first-order valence-electron chi connectivity index (χ1n) is 13.7. The number of hydrogen-bond acceptors (Lipinski definition) is 4. The van der Waals surface area contributed by atoms with E-state index in [-0.39, 0.29) is 36.2 Å². The number of rotatable bonds is 11. The van der Waals surface area contributed by atoms with Crippen molar-refractivity contribution >= 4 is 27.5 Å². The van der Waals surface area contributed by atoms with Gasteiger partial charge < -0.3 is 10.2 Å². The Morgan fingerprint density at radius 1 is 0.927 bits per heavy atom. The van der Waals surface area contributed by atoms with Gasteiger partial charge in [-0.05, 0) is 42.7 Å². The molecule has 0 unspecified atom stereocenters. The van der Waals surface area contributed by atoms with E-state index in [1.54, 1.807) is 6.07 Å². The smallest absolute Gasteiger partial charge is 0.244 e. The molecule has 3 aromatic carbocycles. The Labute approximate surface area is 240 Å². The molecule has 0 spiro atoms. The van der Waals surface area contributed by atoms with Crippen LogP contribution in [0.4, 0.5) is 14.5 Å². The van der Waals surface area contributed by atoms with Gasteiger partial charge in [0.2, 0.25) is 21.8 Å². The second-order valence-electron chi connectivity index (χ2n) is 10.4. The van der Waals surface area contributed by atoms with Crippen LogP contribution in [-0.2, 0) is 32.6 Å². The normalized spacial score (nSPS) is 14.7. The first kappa shape index (κ1) is 30.2. The molecule has 1 aliphatic rings. The van der Waals surface area contributed by atoms with Gasteiger partial charge in [-0.2, -0.15) is 0 Å². The number of carbonyl (C=O) groups is 2. The highest BCUT2D eigenvalue weighted by molar-refractivity contribution is 7.92.